The lowest BCUT2D eigenvalue weighted by Gasteiger charge is -2.18. The van der Waals surface area contributed by atoms with E-state index in [9.17, 15) is 0 Å². The summed E-state index contributed by atoms with van der Waals surface area (Å²) in [5.74, 6) is 1.90. The minimum absolute atomic E-state index is 0.315. The summed E-state index contributed by atoms with van der Waals surface area (Å²) in [7, 11) is 0. The Morgan fingerprint density at radius 2 is 2.33 bits per heavy atom. The van der Waals surface area contributed by atoms with Gasteiger partial charge in [0, 0.05) is 17.3 Å². The summed E-state index contributed by atoms with van der Waals surface area (Å²) in [6.07, 6.45) is 5.43. The highest BCUT2D eigenvalue weighted by Crippen LogP contribution is 2.38. The van der Waals surface area contributed by atoms with Crippen LogP contribution >= 0.6 is 11.3 Å². The standard InChI is InChI=1S/C16H23N3OS/c1-11(2)17-9-4-7-15-18-19-16(20-15)13-5-3-6-14-12(13)8-10-21-14/h8,10-11,13,17H,3-7,9H2,1-2H3. The fourth-order valence-corrected chi connectivity index (χ4v) is 3.87. The van der Waals surface area contributed by atoms with E-state index in [1.54, 1.807) is 0 Å². The molecular weight excluding hydrogens is 282 g/mol. The van der Waals surface area contributed by atoms with E-state index in [1.807, 2.05) is 11.3 Å². The van der Waals surface area contributed by atoms with Crippen LogP contribution in [0.1, 0.15) is 61.2 Å². The minimum atomic E-state index is 0.315. The smallest absolute Gasteiger partial charge is 0.224 e. The lowest BCUT2D eigenvalue weighted by atomic mass is 9.88. The molecule has 4 nitrogen and oxygen atoms in total. The predicted octanol–water partition coefficient (Wildman–Crippen LogP) is 3.53. The molecular formula is C16H23N3OS. The zero-order chi connectivity index (χ0) is 14.7. The van der Waals surface area contributed by atoms with Crippen LogP contribution in [0.2, 0.25) is 0 Å². The normalized spacial score (nSPS) is 18.1. The van der Waals surface area contributed by atoms with E-state index < -0.39 is 0 Å². The Hall–Kier alpha value is -1.20. The minimum Gasteiger partial charge on any atom is -0.425 e. The van der Waals surface area contributed by atoms with Crippen LogP contribution in [0.15, 0.2) is 15.9 Å². The van der Waals surface area contributed by atoms with Crippen LogP contribution in [0.25, 0.3) is 0 Å². The van der Waals surface area contributed by atoms with E-state index in [2.05, 4.69) is 40.8 Å². The molecule has 1 atom stereocenters. The molecule has 114 valence electrons. The van der Waals surface area contributed by atoms with Crippen LogP contribution in [-0.4, -0.2) is 22.8 Å². The van der Waals surface area contributed by atoms with Crippen molar-refractivity contribution in [2.75, 3.05) is 6.54 Å². The first-order valence-corrected chi connectivity index (χ1v) is 8.74. The van der Waals surface area contributed by atoms with Crippen LogP contribution in [0.3, 0.4) is 0 Å². The average molecular weight is 305 g/mol. The Bertz CT molecular complexity index is 576. The van der Waals surface area contributed by atoms with E-state index in [1.165, 1.54) is 23.3 Å². The van der Waals surface area contributed by atoms with Gasteiger partial charge in [-0.25, -0.2) is 0 Å². The molecule has 5 heteroatoms. The van der Waals surface area contributed by atoms with Crippen molar-refractivity contribution >= 4 is 11.3 Å². The van der Waals surface area contributed by atoms with Gasteiger partial charge in [0.1, 0.15) is 0 Å². The lowest BCUT2D eigenvalue weighted by molar-refractivity contribution is 0.409. The van der Waals surface area contributed by atoms with Gasteiger partial charge in [-0.05, 0) is 49.2 Å². The number of nitrogens with one attached hydrogen (secondary N) is 1. The fourth-order valence-electron chi connectivity index (χ4n) is 2.88. The first-order chi connectivity index (χ1) is 10.2. The molecule has 0 fully saturated rings. The monoisotopic (exact) mass is 305 g/mol. The van der Waals surface area contributed by atoms with Crippen LogP contribution in [-0.2, 0) is 12.8 Å². The van der Waals surface area contributed by atoms with E-state index in [-0.39, 0.29) is 0 Å². The summed E-state index contributed by atoms with van der Waals surface area (Å²) in [6.45, 7) is 5.31. The number of hydrogen-bond acceptors (Lipinski definition) is 5. The second kappa shape index (κ2) is 6.71. The summed E-state index contributed by atoms with van der Waals surface area (Å²) in [5, 5.41) is 14.1. The second-order valence-corrected chi connectivity index (χ2v) is 6.99. The van der Waals surface area contributed by atoms with Crippen molar-refractivity contribution in [1.82, 2.24) is 15.5 Å². The lowest BCUT2D eigenvalue weighted by Crippen LogP contribution is -2.23. The number of hydrogen-bond donors (Lipinski definition) is 1. The van der Waals surface area contributed by atoms with Gasteiger partial charge in [0.2, 0.25) is 11.8 Å². The van der Waals surface area contributed by atoms with E-state index in [0.717, 1.165) is 37.6 Å². The molecule has 0 spiro atoms. The molecule has 0 amide bonds. The number of fused-ring (bicyclic) bond motifs is 1. The van der Waals surface area contributed by atoms with Gasteiger partial charge in [-0.15, -0.1) is 21.5 Å². The summed E-state index contributed by atoms with van der Waals surface area (Å²) < 4.78 is 5.91. The first kappa shape index (κ1) is 14.7. The highest BCUT2D eigenvalue weighted by Gasteiger charge is 2.27. The number of aryl methyl sites for hydroxylation is 2. The molecule has 1 aliphatic carbocycles. The maximum atomic E-state index is 5.91. The van der Waals surface area contributed by atoms with Gasteiger partial charge in [-0.1, -0.05) is 13.8 Å². The zero-order valence-electron chi connectivity index (χ0n) is 12.8. The second-order valence-electron chi connectivity index (χ2n) is 5.99. The summed E-state index contributed by atoms with van der Waals surface area (Å²) >= 11 is 1.85. The Kier molecular flexibility index (Phi) is 4.70. The van der Waals surface area contributed by atoms with Crippen molar-refractivity contribution in [1.29, 1.82) is 0 Å². The fraction of sp³-hybridized carbons (Fsp3) is 0.625. The molecule has 0 saturated carbocycles. The summed E-state index contributed by atoms with van der Waals surface area (Å²) in [4.78, 5) is 1.49. The third kappa shape index (κ3) is 3.52. The summed E-state index contributed by atoms with van der Waals surface area (Å²) in [6, 6.07) is 2.75. The van der Waals surface area contributed by atoms with Crippen molar-refractivity contribution in [2.45, 2.75) is 57.9 Å². The molecule has 1 aliphatic rings. The van der Waals surface area contributed by atoms with Crippen molar-refractivity contribution in [3.05, 3.63) is 33.7 Å². The number of aromatic nitrogens is 2. The molecule has 2 heterocycles. The molecule has 1 N–H and O–H groups in total. The van der Waals surface area contributed by atoms with Gasteiger partial charge >= 0.3 is 0 Å². The van der Waals surface area contributed by atoms with Gasteiger partial charge in [0.05, 0.1) is 5.92 Å². The molecule has 21 heavy (non-hydrogen) atoms. The van der Waals surface area contributed by atoms with Gasteiger partial charge in [0.15, 0.2) is 0 Å². The van der Waals surface area contributed by atoms with E-state index in [4.69, 9.17) is 4.42 Å². The quantitative estimate of drug-likeness (QED) is 0.830. The van der Waals surface area contributed by atoms with Gasteiger partial charge < -0.3 is 9.73 Å². The Morgan fingerprint density at radius 3 is 3.19 bits per heavy atom. The Balaban J connectivity index is 1.61. The molecule has 0 saturated heterocycles. The SMILES string of the molecule is CC(C)NCCCc1nnc(C2CCCc3sccc32)o1. The first-order valence-electron chi connectivity index (χ1n) is 7.86. The molecule has 0 radical (unpaired) electrons. The maximum Gasteiger partial charge on any atom is 0.224 e. The van der Waals surface area contributed by atoms with Crippen LogP contribution in [0.5, 0.6) is 0 Å². The molecule has 3 rings (SSSR count). The summed E-state index contributed by atoms with van der Waals surface area (Å²) in [5.41, 5.74) is 1.41. The van der Waals surface area contributed by atoms with E-state index >= 15 is 0 Å². The highest BCUT2D eigenvalue weighted by atomic mass is 32.1. The van der Waals surface area contributed by atoms with Crippen LogP contribution in [0, 0.1) is 0 Å². The van der Waals surface area contributed by atoms with Crippen molar-refractivity contribution in [3.8, 4) is 0 Å². The molecule has 0 aromatic carbocycles. The largest absolute Gasteiger partial charge is 0.425 e. The van der Waals surface area contributed by atoms with E-state index in [0.29, 0.717) is 12.0 Å². The maximum absolute atomic E-state index is 5.91. The molecule has 2 aromatic heterocycles. The van der Waals surface area contributed by atoms with Crippen molar-refractivity contribution in [3.63, 3.8) is 0 Å². The molecule has 1 unspecified atom stereocenters. The Labute approximate surface area is 130 Å². The number of nitrogens with zero attached hydrogens (tertiary/aromatic N) is 2. The van der Waals surface area contributed by atoms with Crippen LogP contribution < -0.4 is 5.32 Å². The van der Waals surface area contributed by atoms with Gasteiger partial charge in [0.25, 0.3) is 0 Å². The molecule has 2 aromatic rings. The highest BCUT2D eigenvalue weighted by molar-refractivity contribution is 7.10. The van der Waals surface area contributed by atoms with Crippen LogP contribution in [0.4, 0.5) is 0 Å². The van der Waals surface area contributed by atoms with Crippen molar-refractivity contribution in [2.24, 2.45) is 0 Å². The zero-order valence-corrected chi connectivity index (χ0v) is 13.6. The number of rotatable bonds is 6. The van der Waals surface area contributed by atoms with Crippen molar-refractivity contribution < 1.29 is 4.42 Å². The third-order valence-electron chi connectivity index (χ3n) is 3.95. The number of thiophene rings is 1. The molecule has 0 aliphatic heterocycles. The van der Waals surface area contributed by atoms with Gasteiger partial charge in [-0.2, -0.15) is 0 Å². The average Bonchev–Trinajstić information content (AvgIpc) is 3.12. The predicted molar refractivity (Wildman–Crippen MR) is 84.9 cm³/mol. The topological polar surface area (TPSA) is 51.0 Å². The molecule has 0 bridgehead atoms. The Morgan fingerprint density at radius 1 is 1.43 bits per heavy atom. The third-order valence-corrected chi connectivity index (χ3v) is 4.95. The van der Waals surface area contributed by atoms with Gasteiger partial charge in [-0.3, -0.25) is 0 Å².